The quantitative estimate of drug-likeness (QED) is 0.909. The molecule has 0 spiro atoms. The maximum atomic E-state index is 10.5. The predicted octanol–water partition coefficient (Wildman–Crippen LogP) is 1.46. The maximum absolute atomic E-state index is 10.5. The van der Waals surface area contributed by atoms with Crippen LogP contribution < -0.4 is 0 Å². The van der Waals surface area contributed by atoms with Crippen molar-refractivity contribution in [3.63, 3.8) is 0 Å². The molecule has 4 rings (SSSR count). The maximum Gasteiger partial charge on any atom is 0.190 e. The van der Waals surface area contributed by atoms with Crippen molar-refractivity contribution in [1.82, 2.24) is 9.88 Å². The summed E-state index contributed by atoms with van der Waals surface area (Å²) in [4.78, 5) is 6.84. The predicted molar refractivity (Wildman–Crippen MR) is 82.5 cm³/mol. The Morgan fingerprint density at radius 1 is 1.35 bits per heavy atom. The van der Waals surface area contributed by atoms with E-state index in [0.717, 1.165) is 25.1 Å². The fraction of sp³-hybridized carbons (Fsp3) is 0.706. The van der Waals surface area contributed by atoms with E-state index < -0.39 is 24.3 Å². The van der Waals surface area contributed by atoms with Crippen LogP contribution in [0.15, 0.2) is 24.4 Å². The van der Waals surface area contributed by atoms with Crippen molar-refractivity contribution in [3.05, 3.63) is 30.1 Å². The number of aromatic nitrogens is 1. The minimum absolute atomic E-state index is 0.287. The summed E-state index contributed by atoms with van der Waals surface area (Å²) < 4.78 is 17.4. The van der Waals surface area contributed by atoms with Crippen molar-refractivity contribution in [2.75, 3.05) is 13.1 Å². The molecule has 0 aromatic carbocycles. The van der Waals surface area contributed by atoms with Gasteiger partial charge in [-0.15, -0.1) is 0 Å². The van der Waals surface area contributed by atoms with Gasteiger partial charge in [-0.2, -0.15) is 0 Å². The Morgan fingerprint density at radius 2 is 2.22 bits per heavy atom. The largest absolute Gasteiger partial charge is 0.387 e. The summed E-state index contributed by atoms with van der Waals surface area (Å²) in [7, 11) is 0. The molecule has 1 N–H and O–H groups in total. The Labute approximate surface area is 136 Å². The van der Waals surface area contributed by atoms with Crippen LogP contribution in [0, 0.1) is 0 Å². The van der Waals surface area contributed by atoms with Gasteiger partial charge in [0, 0.05) is 12.7 Å². The molecular weight excluding hydrogens is 296 g/mol. The lowest BCUT2D eigenvalue weighted by Gasteiger charge is -2.29. The molecule has 126 valence electrons. The summed E-state index contributed by atoms with van der Waals surface area (Å²) in [6, 6.07) is 6.32. The van der Waals surface area contributed by atoms with E-state index in [1.165, 1.54) is 0 Å². The highest BCUT2D eigenvalue weighted by molar-refractivity contribution is 5.11. The SMILES string of the molecule is CC1(C)OC2[C@H](O[C@H](CN3CCC[C@H]3c3ccccn3)[C@H]2O)O1. The molecule has 3 fully saturated rings. The minimum Gasteiger partial charge on any atom is -0.387 e. The van der Waals surface area contributed by atoms with Gasteiger partial charge in [-0.05, 0) is 45.4 Å². The number of hydrogen-bond acceptors (Lipinski definition) is 6. The molecule has 3 saturated heterocycles. The third-order valence-corrected chi connectivity index (χ3v) is 4.92. The van der Waals surface area contributed by atoms with Gasteiger partial charge in [0.05, 0.1) is 11.7 Å². The molecule has 0 radical (unpaired) electrons. The van der Waals surface area contributed by atoms with E-state index in [0.29, 0.717) is 12.6 Å². The van der Waals surface area contributed by atoms with E-state index in [4.69, 9.17) is 14.2 Å². The van der Waals surface area contributed by atoms with E-state index in [2.05, 4.69) is 16.0 Å². The summed E-state index contributed by atoms with van der Waals surface area (Å²) in [5, 5.41) is 10.5. The van der Waals surface area contributed by atoms with Gasteiger partial charge in [-0.3, -0.25) is 9.88 Å². The molecule has 3 aliphatic rings. The Balaban J connectivity index is 1.43. The molecule has 5 atom stereocenters. The first-order valence-corrected chi connectivity index (χ1v) is 8.38. The molecule has 1 aromatic rings. The lowest BCUT2D eigenvalue weighted by molar-refractivity contribution is -0.216. The first-order chi connectivity index (χ1) is 11.0. The van der Waals surface area contributed by atoms with Crippen LogP contribution in [0.5, 0.6) is 0 Å². The molecule has 4 heterocycles. The summed E-state index contributed by atoms with van der Waals surface area (Å²) in [5.41, 5.74) is 1.09. The van der Waals surface area contributed by atoms with Crippen LogP contribution in [0.4, 0.5) is 0 Å². The van der Waals surface area contributed by atoms with Gasteiger partial charge in [0.15, 0.2) is 12.1 Å². The van der Waals surface area contributed by atoms with Gasteiger partial charge in [0.1, 0.15) is 18.3 Å². The van der Waals surface area contributed by atoms with Crippen molar-refractivity contribution in [2.24, 2.45) is 0 Å². The Morgan fingerprint density at radius 3 is 2.96 bits per heavy atom. The van der Waals surface area contributed by atoms with E-state index in [9.17, 15) is 5.11 Å². The molecule has 1 aromatic heterocycles. The van der Waals surface area contributed by atoms with Crippen LogP contribution in [0.2, 0.25) is 0 Å². The van der Waals surface area contributed by atoms with Crippen LogP contribution in [0.3, 0.4) is 0 Å². The normalized spacial score (nSPS) is 39.7. The van der Waals surface area contributed by atoms with E-state index in [1.54, 1.807) is 0 Å². The molecule has 6 nitrogen and oxygen atoms in total. The van der Waals surface area contributed by atoms with Crippen molar-refractivity contribution < 1.29 is 19.3 Å². The second-order valence-electron chi connectivity index (χ2n) is 7.04. The van der Waals surface area contributed by atoms with Gasteiger partial charge in [-0.25, -0.2) is 0 Å². The number of hydrogen-bond donors (Lipinski definition) is 1. The monoisotopic (exact) mass is 320 g/mol. The average Bonchev–Trinajstić information content (AvgIpc) is 3.17. The number of ether oxygens (including phenoxy) is 3. The number of aliphatic hydroxyl groups excluding tert-OH is 1. The third kappa shape index (κ3) is 2.90. The van der Waals surface area contributed by atoms with Gasteiger partial charge < -0.3 is 19.3 Å². The van der Waals surface area contributed by atoms with Crippen LogP contribution in [-0.4, -0.2) is 58.5 Å². The third-order valence-electron chi connectivity index (χ3n) is 4.92. The van der Waals surface area contributed by atoms with Gasteiger partial charge in [0.25, 0.3) is 0 Å². The van der Waals surface area contributed by atoms with E-state index in [-0.39, 0.29) is 6.10 Å². The van der Waals surface area contributed by atoms with Crippen LogP contribution >= 0.6 is 0 Å². The lowest BCUT2D eigenvalue weighted by atomic mass is 10.1. The number of pyridine rings is 1. The Kier molecular flexibility index (Phi) is 3.90. The number of likely N-dealkylation sites (tertiary alicyclic amines) is 1. The van der Waals surface area contributed by atoms with Gasteiger partial charge in [-0.1, -0.05) is 6.07 Å². The second kappa shape index (κ2) is 5.79. The van der Waals surface area contributed by atoms with Crippen molar-refractivity contribution >= 4 is 0 Å². The van der Waals surface area contributed by atoms with Gasteiger partial charge >= 0.3 is 0 Å². The van der Waals surface area contributed by atoms with Crippen LogP contribution in [0.25, 0.3) is 0 Å². The molecule has 0 bridgehead atoms. The first-order valence-electron chi connectivity index (χ1n) is 8.38. The minimum atomic E-state index is -0.689. The van der Waals surface area contributed by atoms with E-state index in [1.807, 2.05) is 32.2 Å². The first kappa shape index (κ1) is 15.5. The zero-order valence-corrected chi connectivity index (χ0v) is 13.6. The van der Waals surface area contributed by atoms with Crippen molar-refractivity contribution in [1.29, 1.82) is 0 Å². The number of rotatable bonds is 3. The summed E-state index contributed by atoms with van der Waals surface area (Å²) >= 11 is 0. The highest BCUT2D eigenvalue weighted by Crippen LogP contribution is 2.39. The summed E-state index contributed by atoms with van der Waals surface area (Å²) in [6.45, 7) is 5.35. The zero-order chi connectivity index (χ0) is 16.0. The second-order valence-corrected chi connectivity index (χ2v) is 7.04. The molecule has 1 unspecified atom stereocenters. The molecule has 0 aliphatic carbocycles. The number of aliphatic hydroxyl groups is 1. The van der Waals surface area contributed by atoms with Crippen molar-refractivity contribution in [3.8, 4) is 0 Å². The van der Waals surface area contributed by atoms with E-state index >= 15 is 0 Å². The van der Waals surface area contributed by atoms with Crippen molar-refractivity contribution in [2.45, 2.75) is 63.1 Å². The average molecular weight is 320 g/mol. The molecule has 0 amide bonds. The molecular formula is C17H24N2O4. The highest BCUT2D eigenvalue weighted by Gasteiger charge is 2.54. The van der Waals surface area contributed by atoms with Crippen LogP contribution in [0.1, 0.15) is 38.4 Å². The zero-order valence-electron chi connectivity index (χ0n) is 13.6. The number of fused-ring (bicyclic) bond motifs is 1. The topological polar surface area (TPSA) is 64.1 Å². The Bertz CT molecular complexity index is 553. The smallest absolute Gasteiger partial charge is 0.190 e. The van der Waals surface area contributed by atoms with Gasteiger partial charge in [0.2, 0.25) is 0 Å². The lowest BCUT2D eigenvalue weighted by Crippen LogP contribution is -2.41. The number of nitrogens with zero attached hydrogens (tertiary/aromatic N) is 2. The highest BCUT2D eigenvalue weighted by atomic mass is 16.8. The molecule has 0 saturated carbocycles. The van der Waals surface area contributed by atoms with Crippen LogP contribution in [-0.2, 0) is 14.2 Å². The Hall–Kier alpha value is -1.05. The summed E-state index contributed by atoms with van der Waals surface area (Å²) in [5.74, 6) is -0.689. The molecule has 3 aliphatic heterocycles. The standard InChI is InChI=1S/C17H24N2O4/c1-17(2)22-15-14(20)13(21-16(15)23-17)10-19-9-5-7-12(19)11-6-3-4-8-18-11/h3-4,6,8,12-16,20H,5,7,9-10H2,1-2H3/t12-,13+,14+,15?,16+/m0/s1. The fourth-order valence-corrected chi connectivity index (χ4v) is 3.89. The fourth-order valence-electron chi connectivity index (χ4n) is 3.89. The molecule has 6 heteroatoms. The summed E-state index contributed by atoms with van der Waals surface area (Å²) in [6.07, 6.45) is 2.24. The molecule has 23 heavy (non-hydrogen) atoms.